The van der Waals surface area contributed by atoms with Gasteiger partial charge >= 0.3 is 0 Å². The van der Waals surface area contributed by atoms with E-state index in [1.54, 1.807) is 50.6 Å². The van der Waals surface area contributed by atoms with E-state index in [9.17, 15) is 13.2 Å². The molecule has 1 atom stereocenters. The Kier molecular flexibility index (Phi) is 6.63. The number of hydrogen-bond acceptors (Lipinski definition) is 5. The van der Waals surface area contributed by atoms with Crippen LogP contribution in [0.3, 0.4) is 0 Å². The summed E-state index contributed by atoms with van der Waals surface area (Å²) in [6, 6.07) is 11.5. The molecule has 2 aromatic rings. The molecule has 27 heavy (non-hydrogen) atoms. The zero-order chi connectivity index (χ0) is 20.0. The molecule has 2 rings (SSSR count). The van der Waals surface area contributed by atoms with Crippen molar-refractivity contribution in [2.24, 2.45) is 0 Å². The minimum atomic E-state index is -3.24. The van der Waals surface area contributed by atoms with Gasteiger partial charge in [0.1, 0.15) is 11.5 Å². The average Bonchev–Trinajstić information content (AvgIpc) is 2.65. The average molecular weight is 389 g/mol. The zero-order valence-electron chi connectivity index (χ0n) is 15.7. The van der Waals surface area contributed by atoms with Crippen molar-refractivity contribution in [3.8, 4) is 11.5 Å². The number of hydrogen-bond donors (Lipinski definition) is 1. The smallest absolute Gasteiger partial charge is 0.244 e. The molecule has 0 saturated heterocycles. The summed E-state index contributed by atoms with van der Waals surface area (Å²) in [5.41, 5.74) is 1.58. The van der Waals surface area contributed by atoms with E-state index in [-0.39, 0.29) is 16.8 Å². The minimum Gasteiger partial charge on any atom is -0.497 e. The van der Waals surface area contributed by atoms with Gasteiger partial charge in [0.05, 0.1) is 25.2 Å². The highest BCUT2D eigenvalue weighted by atomic mass is 32.2. The van der Waals surface area contributed by atoms with Crippen molar-refractivity contribution < 1.29 is 22.7 Å². The SMILES string of the molecule is COc1cc(/C=C/C(=O)NC(C)c2ccc(S(C)(=O)=O)cc2)cc(OC)c1. The van der Waals surface area contributed by atoms with Crippen LogP contribution in [0.25, 0.3) is 6.08 Å². The number of carbonyl (C=O) groups is 1. The molecule has 0 bridgehead atoms. The first-order valence-electron chi connectivity index (χ1n) is 8.24. The quantitative estimate of drug-likeness (QED) is 0.736. The second-order valence-electron chi connectivity index (χ2n) is 6.05. The Labute approximate surface area is 159 Å². The van der Waals surface area contributed by atoms with Gasteiger partial charge in [-0.3, -0.25) is 4.79 Å². The largest absolute Gasteiger partial charge is 0.497 e. The van der Waals surface area contributed by atoms with E-state index in [1.807, 2.05) is 6.92 Å². The molecule has 0 saturated carbocycles. The number of benzene rings is 2. The molecular formula is C20H23NO5S. The molecule has 0 heterocycles. The van der Waals surface area contributed by atoms with E-state index >= 15 is 0 Å². The van der Waals surface area contributed by atoms with Gasteiger partial charge in [-0.05, 0) is 48.4 Å². The minimum absolute atomic E-state index is 0.247. The van der Waals surface area contributed by atoms with Crippen LogP contribution in [-0.2, 0) is 14.6 Å². The molecule has 1 unspecified atom stereocenters. The molecule has 1 amide bonds. The second kappa shape index (κ2) is 8.73. The summed E-state index contributed by atoms with van der Waals surface area (Å²) in [6.45, 7) is 1.83. The molecule has 0 fully saturated rings. The molecule has 1 N–H and O–H groups in total. The van der Waals surface area contributed by atoms with E-state index < -0.39 is 9.84 Å². The second-order valence-corrected chi connectivity index (χ2v) is 8.07. The molecule has 0 radical (unpaired) electrons. The number of carbonyl (C=O) groups excluding carboxylic acids is 1. The van der Waals surface area contributed by atoms with Gasteiger partial charge < -0.3 is 14.8 Å². The summed E-state index contributed by atoms with van der Waals surface area (Å²) in [5, 5.41) is 2.84. The molecule has 144 valence electrons. The Morgan fingerprint density at radius 1 is 1.04 bits per heavy atom. The molecule has 0 aromatic heterocycles. The number of sulfone groups is 1. The third-order valence-corrected chi connectivity index (χ3v) is 5.10. The maximum atomic E-state index is 12.2. The lowest BCUT2D eigenvalue weighted by molar-refractivity contribution is -0.117. The fraction of sp³-hybridized carbons (Fsp3) is 0.250. The van der Waals surface area contributed by atoms with Crippen LogP contribution in [0.2, 0.25) is 0 Å². The summed E-state index contributed by atoms with van der Waals surface area (Å²) in [6.07, 6.45) is 4.25. The highest BCUT2D eigenvalue weighted by Gasteiger charge is 2.11. The summed E-state index contributed by atoms with van der Waals surface area (Å²) >= 11 is 0. The van der Waals surface area contributed by atoms with Crippen LogP contribution >= 0.6 is 0 Å². The van der Waals surface area contributed by atoms with Crippen molar-refractivity contribution in [1.82, 2.24) is 5.32 Å². The van der Waals surface area contributed by atoms with Gasteiger partial charge in [0.2, 0.25) is 5.91 Å². The number of methoxy groups -OCH3 is 2. The van der Waals surface area contributed by atoms with Gasteiger partial charge in [-0.15, -0.1) is 0 Å². The Morgan fingerprint density at radius 3 is 2.07 bits per heavy atom. The molecule has 0 spiro atoms. The number of amides is 1. The lowest BCUT2D eigenvalue weighted by atomic mass is 10.1. The van der Waals surface area contributed by atoms with Gasteiger partial charge in [0, 0.05) is 18.4 Å². The van der Waals surface area contributed by atoms with Crippen molar-refractivity contribution in [2.45, 2.75) is 17.9 Å². The summed E-state index contributed by atoms with van der Waals surface area (Å²) < 4.78 is 33.4. The lowest BCUT2D eigenvalue weighted by Gasteiger charge is -2.13. The normalized spacial score (nSPS) is 12.6. The van der Waals surface area contributed by atoms with E-state index in [0.717, 1.165) is 17.4 Å². The lowest BCUT2D eigenvalue weighted by Crippen LogP contribution is -2.24. The van der Waals surface area contributed by atoms with E-state index in [0.29, 0.717) is 11.5 Å². The summed E-state index contributed by atoms with van der Waals surface area (Å²) in [4.78, 5) is 12.4. The maximum Gasteiger partial charge on any atom is 0.244 e. The molecular weight excluding hydrogens is 366 g/mol. The maximum absolute atomic E-state index is 12.2. The first kappa shape index (κ1) is 20.5. The molecule has 6 nitrogen and oxygen atoms in total. The number of nitrogens with one attached hydrogen (secondary N) is 1. The molecule has 0 aliphatic carbocycles. The van der Waals surface area contributed by atoms with Crippen molar-refractivity contribution in [3.05, 3.63) is 59.7 Å². The van der Waals surface area contributed by atoms with Gasteiger partial charge in [-0.25, -0.2) is 8.42 Å². The molecule has 2 aromatic carbocycles. The Hall–Kier alpha value is -2.80. The zero-order valence-corrected chi connectivity index (χ0v) is 16.5. The monoisotopic (exact) mass is 389 g/mol. The van der Waals surface area contributed by atoms with Gasteiger partial charge in [-0.2, -0.15) is 0 Å². The van der Waals surface area contributed by atoms with E-state index in [1.165, 1.54) is 18.2 Å². The third-order valence-electron chi connectivity index (χ3n) is 3.97. The van der Waals surface area contributed by atoms with Crippen LogP contribution in [0.4, 0.5) is 0 Å². The molecule has 0 aliphatic rings. The van der Waals surface area contributed by atoms with Crippen LogP contribution in [0, 0.1) is 0 Å². The predicted molar refractivity (Wildman–Crippen MR) is 105 cm³/mol. The van der Waals surface area contributed by atoms with Crippen LogP contribution in [0.1, 0.15) is 24.1 Å². The topological polar surface area (TPSA) is 81.7 Å². The Bertz CT molecular complexity index is 911. The van der Waals surface area contributed by atoms with Crippen LogP contribution in [0.5, 0.6) is 11.5 Å². The van der Waals surface area contributed by atoms with E-state index in [4.69, 9.17) is 9.47 Å². The standard InChI is InChI=1S/C20H23NO5S/c1-14(16-6-8-19(9-7-16)27(4,23)24)21-20(22)10-5-15-11-17(25-2)13-18(12-15)26-3/h5-14H,1-4H3,(H,21,22)/b10-5+. The molecule has 0 aliphatic heterocycles. The van der Waals surface area contributed by atoms with Gasteiger partial charge in [0.15, 0.2) is 9.84 Å². The first-order chi connectivity index (χ1) is 12.7. The fourth-order valence-corrected chi connectivity index (χ4v) is 3.08. The Morgan fingerprint density at radius 2 is 1.59 bits per heavy atom. The van der Waals surface area contributed by atoms with Crippen LogP contribution in [-0.4, -0.2) is 34.8 Å². The predicted octanol–water partition coefficient (Wildman–Crippen LogP) is 3.00. The molecule has 7 heteroatoms. The first-order valence-corrected chi connectivity index (χ1v) is 10.1. The highest BCUT2D eigenvalue weighted by Crippen LogP contribution is 2.23. The van der Waals surface area contributed by atoms with Crippen molar-refractivity contribution >= 4 is 21.8 Å². The van der Waals surface area contributed by atoms with Crippen LogP contribution in [0.15, 0.2) is 53.4 Å². The third kappa shape index (κ3) is 5.86. The highest BCUT2D eigenvalue weighted by molar-refractivity contribution is 7.90. The summed E-state index contributed by atoms with van der Waals surface area (Å²) in [7, 11) is -0.116. The number of rotatable bonds is 7. The van der Waals surface area contributed by atoms with Gasteiger partial charge in [0.25, 0.3) is 0 Å². The Balaban J connectivity index is 2.05. The summed E-state index contributed by atoms with van der Waals surface area (Å²) in [5.74, 6) is 0.999. The number of ether oxygens (including phenoxy) is 2. The fourth-order valence-electron chi connectivity index (χ4n) is 2.45. The van der Waals surface area contributed by atoms with Crippen molar-refractivity contribution in [1.29, 1.82) is 0 Å². The van der Waals surface area contributed by atoms with Crippen molar-refractivity contribution in [3.63, 3.8) is 0 Å². The van der Waals surface area contributed by atoms with E-state index in [2.05, 4.69) is 5.32 Å². The van der Waals surface area contributed by atoms with Gasteiger partial charge in [-0.1, -0.05) is 12.1 Å². The van der Waals surface area contributed by atoms with Crippen molar-refractivity contribution in [2.75, 3.05) is 20.5 Å². The van der Waals surface area contributed by atoms with Crippen LogP contribution < -0.4 is 14.8 Å².